The molecule has 0 fully saturated rings. The van der Waals surface area contributed by atoms with Crippen LogP contribution in [0.1, 0.15) is 22.8 Å². The lowest BCUT2D eigenvalue weighted by Gasteiger charge is -2.08. The van der Waals surface area contributed by atoms with Crippen molar-refractivity contribution < 1.29 is 19.4 Å². The summed E-state index contributed by atoms with van der Waals surface area (Å²) in [6, 6.07) is 10.1. The normalized spacial score (nSPS) is 11.8. The lowest BCUT2D eigenvalue weighted by atomic mass is 10.1. The van der Waals surface area contributed by atoms with Gasteiger partial charge in [0.2, 0.25) is 4.80 Å². The molecule has 0 aliphatic carbocycles. The van der Waals surface area contributed by atoms with Gasteiger partial charge in [0.25, 0.3) is 5.91 Å². The van der Waals surface area contributed by atoms with Crippen LogP contribution in [0.4, 0.5) is 0 Å². The standard InChI is InChI=1S/C21H22N4O4S/c1-4-23-21-25(24-11-14-5-7-15(28-2)10-19(14)29-3)17(12-30-21)13-6-8-18(26)16(9-13)20(22)27/h5-12,26H,4H2,1-3H3,(H2,22,27). The van der Waals surface area contributed by atoms with Crippen LogP contribution in [0.3, 0.4) is 0 Å². The summed E-state index contributed by atoms with van der Waals surface area (Å²) in [7, 11) is 3.17. The molecule has 2 aromatic carbocycles. The highest BCUT2D eigenvalue weighted by molar-refractivity contribution is 7.07. The van der Waals surface area contributed by atoms with Gasteiger partial charge in [0, 0.05) is 29.1 Å². The average molecular weight is 426 g/mol. The molecule has 9 heteroatoms. The second-order valence-electron chi connectivity index (χ2n) is 6.14. The van der Waals surface area contributed by atoms with Gasteiger partial charge in [0.1, 0.15) is 17.2 Å². The molecule has 1 amide bonds. The number of ether oxygens (including phenoxy) is 2. The van der Waals surface area contributed by atoms with E-state index >= 15 is 0 Å². The van der Waals surface area contributed by atoms with Crippen molar-refractivity contribution in [2.75, 3.05) is 20.8 Å². The summed E-state index contributed by atoms with van der Waals surface area (Å²) < 4.78 is 12.3. The van der Waals surface area contributed by atoms with Crippen molar-refractivity contribution in [3.63, 3.8) is 0 Å². The Balaban J connectivity index is 2.11. The van der Waals surface area contributed by atoms with E-state index in [9.17, 15) is 9.90 Å². The van der Waals surface area contributed by atoms with Gasteiger partial charge in [-0.2, -0.15) is 5.10 Å². The maximum absolute atomic E-state index is 11.6. The molecule has 0 bridgehead atoms. The summed E-state index contributed by atoms with van der Waals surface area (Å²) in [4.78, 5) is 16.8. The number of aromatic hydroxyl groups is 1. The fourth-order valence-electron chi connectivity index (χ4n) is 2.79. The van der Waals surface area contributed by atoms with Crippen LogP contribution in [0.15, 0.2) is 51.9 Å². The number of methoxy groups -OCH3 is 2. The van der Waals surface area contributed by atoms with Crippen LogP contribution in [0.2, 0.25) is 0 Å². The first kappa shape index (κ1) is 21.1. The molecule has 0 unspecified atom stereocenters. The SMILES string of the molecule is CCN=c1scc(-c2ccc(O)c(C(N)=O)c2)n1N=Cc1ccc(OC)cc1OC. The molecule has 0 saturated heterocycles. The van der Waals surface area contributed by atoms with Gasteiger partial charge in [-0.25, -0.2) is 4.68 Å². The van der Waals surface area contributed by atoms with Crippen LogP contribution in [-0.2, 0) is 0 Å². The predicted molar refractivity (Wildman–Crippen MR) is 117 cm³/mol. The molecule has 0 aliphatic rings. The second-order valence-corrected chi connectivity index (χ2v) is 6.97. The Labute approximate surface area is 177 Å². The number of hydrogen-bond acceptors (Lipinski definition) is 7. The zero-order valence-corrected chi connectivity index (χ0v) is 17.6. The Morgan fingerprint density at radius 1 is 1.23 bits per heavy atom. The number of phenols is 1. The average Bonchev–Trinajstić information content (AvgIpc) is 3.15. The molecule has 3 aromatic rings. The van der Waals surface area contributed by atoms with Gasteiger partial charge in [0.15, 0.2) is 0 Å². The van der Waals surface area contributed by atoms with Crippen molar-refractivity contribution in [1.29, 1.82) is 0 Å². The third-order valence-electron chi connectivity index (χ3n) is 4.29. The topological polar surface area (TPSA) is 111 Å². The smallest absolute Gasteiger partial charge is 0.252 e. The molecule has 0 radical (unpaired) electrons. The first-order valence-electron chi connectivity index (χ1n) is 9.09. The zero-order chi connectivity index (χ0) is 21.7. The highest BCUT2D eigenvalue weighted by atomic mass is 32.1. The minimum Gasteiger partial charge on any atom is -0.507 e. The van der Waals surface area contributed by atoms with E-state index in [4.69, 9.17) is 15.2 Å². The van der Waals surface area contributed by atoms with Gasteiger partial charge in [-0.05, 0) is 37.3 Å². The van der Waals surface area contributed by atoms with Crippen molar-refractivity contribution in [2.24, 2.45) is 15.8 Å². The lowest BCUT2D eigenvalue weighted by molar-refractivity contribution is 0.0998. The molecule has 0 spiro atoms. The number of hydrogen-bond donors (Lipinski definition) is 2. The highest BCUT2D eigenvalue weighted by Gasteiger charge is 2.13. The van der Waals surface area contributed by atoms with E-state index in [0.717, 1.165) is 5.56 Å². The van der Waals surface area contributed by atoms with Gasteiger partial charge in [-0.15, -0.1) is 11.3 Å². The van der Waals surface area contributed by atoms with Gasteiger partial charge in [0.05, 0.1) is 31.7 Å². The van der Waals surface area contributed by atoms with Crippen LogP contribution >= 0.6 is 11.3 Å². The van der Waals surface area contributed by atoms with Crippen LogP contribution in [0.25, 0.3) is 11.3 Å². The maximum atomic E-state index is 11.6. The number of thiazole rings is 1. The number of nitrogens with zero attached hydrogens (tertiary/aromatic N) is 3. The minimum absolute atomic E-state index is 0.0417. The first-order valence-corrected chi connectivity index (χ1v) is 9.97. The Kier molecular flexibility index (Phi) is 6.53. The number of nitrogens with two attached hydrogens (primary N) is 1. The van der Waals surface area contributed by atoms with Crippen molar-refractivity contribution in [3.05, 3.63) is 57.7 Å². The zero-order valence-electron chi connectivity index (χ0n) is 16.8. The van der Waals surface area contributed by atoms with Crippen molar-refractivity contribution in [3.8, 4) is 28.5 Å². The van der Waals surface area contributed by atoms with E-state index in [1.54, 1.807) is 37.2 Å². The summed E-state index contributed by atoms with van der Waals surface area (Å²) in [6.45, 7) is 2.52. The van der Waals surface area contributed by atoms with E-state index in [-0.39, 0.29) is 11.3 Å². The largest absolute Gasteiger partial charge is 0.507 e. The number of primary amides is 1. The molecule has 0 atom stereocenters. The van der Waals surface area contributed by atoms with E-state index in [2.05, 4.69) is 10.1 Å². The molecule has 1 heterocycles. The Bertz CT molecular complexity index is 1160. The first-order chi connectivity index (χ1) is 14.5. The van der Waals surface area contributed by atoms with Crippen LogP contribution in [0.5, 0.6) is 17.2 Å². The summed E-state index contributed by atoms with van der Waals surface area (Å²) in [5.41, 5.74) is 7.55. The predicted octanol–water partition coefficient (Wildman–Crippen LogP) is 2.84. The molecule has 156 valence electrons. The molecule has 30 heavy (non-hydrogen) atoms. The fourth-order valence-corrected chi connectivity index (χ4v) is 3.69. The third-order valence-corrected chi connectivity index (χ3v) is 5.14. The van der Waals surface area contributed by atoms with Crippen molar-refractivity contribution >= 4 is 23.5 Å². The number of rotatable bonds is 7. The Hall–Kier alpha value is -3.59. The number of aromatic nitrogens is 1. The molecule has 3 rings (SSSR count). The van der Waals surface area contributed by atoms with E-state index in [1.807, 2.05) is 24.4 Å². The molecule has 0 saturated carbocycles. The molecular weight excluding hydrogens is 404 g/mol. The third kappa shape index (κ3) is 4.36. The van der Waals surface area contributed by atoms with Crippen molar-refractivity contribution in [2.45, 2.75) is 6.92 Å². The van der Waals surface area contributed by atoms with Gasteiger partial charge < -0.3 is 20.3 Å². The van der Waals surface area contributed by atoms with E-state index < -0.39 is 5.91 Å². The summed E-state index contributed by atoms with van der Waals surface area (Å²) in [5.74, 6) is 0.418. The maximum Gasteiger partial charge on any atom is 0.252 e. The lowest BCUT2D eigenvalue weighted by Crippen LogP contribution is -2.13. The molecule has 1 aromatic heterocycles. The van der Waals surface area contributed by atoms with E-state index in [0.29, 0.717) is 34.1 Å². The Morgan fingerprint density at radius 2 is 2.03 bits per heavy atom. The summed E-state index contributed by atoms with van der Waals surface area (Å²) in [5, 5.41) is 16.4. The highest BCUT2D eigenvalue weighted by Crippen LogP contribution is 2.27. The number of amides is 1. The van der Waals surface area contributed by atoms with Gasteiger partial charge >= 0.3 is 0 Å². The van der Waals surface area contributed by atoms with E-state index in [1.165, 1.54) is 23.5 Å². The van der Waals surface area contributed by atoms with Gasteiger partial charge in [-0.1, -0.05) is 0 Å². The molecule has 8 nitrogen and oxygen atoms in total. The van der Waals surface area contributed by atoms with Crippen molar-refractivity contribution in [1.82, 2.24) is 4.68 Å². The van der Waals surface area contributed by atoms with Crippen LogP contribution in [0, 0.1) is 0 Å². The summed E-state index contributed by atoms with van der Waals surface area (Å²) in [6.07, 6.45) is 1.67. The second kappa shape index (κ2) is 9.27. The fraction of sp³-hybridized carbons (Fsp3) is 0.190. The van der Waals surface area contributed by atoms with Gasteiger partial charge in [-0.3, -0.25) is 9.79 Å². The Morgan fingerprint density at radius 3 is 2.70 bits per heavy atom. The molecule has 0 aliphatic heterocycles. The summed E-state index contributed by atoms with van der Waals surface area (Å²) >= 11 is 1.42. The number of benzene rings is 2. The van der Waals surface area contributed by atoms with Crippen LogP contribution < -0.4 is 20.0 Å². The molecular formula is C21H22N4O4S. The quantitative estimate of drug-likeness (QED) is 0.566. The monoisotopic (exact) mass is 426 g/mol. The minimum atomic E-state index is -0.707. The number of carbonyl (C=O) groups excluding carboxylic acids is 1. The molecule has 3 N–H and O–H groups in total. The van der Waals surface area contributed by atoms with Crippen LogP contribution in [-0.4, -0.2) is 42.7 Å². The number of carbonyl (C=O) groups is 1.